The predicted octanol–water partition coefficient (Wildman–Crippen LogP) is 4.54. The lowest BCUT2D eigenvalue weighted by Crippen LogP contribution is -2.23. The lowest BCUT2D eigenvalue weighted by molar-refractivity contribution is 0.0952. The smallest absolute Gasteiger partial charge is 0.252 e. The summed E-state index contributed by atoms with van der Waals surface area (Å²) in [5, 5.41) is 3.89. The maximum atomic E-state index is 12.7. The third-order valence-corrected chi connectivity index (χ3v) is 4.51. The van der Waals surface area contributed by atoms with E-state index in [0.29, 0.717) is 12.1 Å². The number of pyridine rings is 1. The van der Waals surface area contributed by atoms with Crippen LogP contribution >= 0.6 is 15.9 Å². The number of aryl methyl sites for hydroxylation is 2. The molecule has 4 heteroatoms. The predicted molar refractivity (Wildman–Crippen MR) is 96.5 cm³/mol. The van der Waals surface area contributed by atoms with Crippen LogP contribution in [0.2, 0.25) is 0 Å². The number of amides is 1. The molecule has 23 heavy (non-hydrogen) atoms. The largest absolute Gasteiger partial charge is 0.348 e. The molecular formula is C19H17BrN2O. The molecule has 0 radical (unpaired) electrons. The molecule has 1 aromatic heterocycles. The van der Waals surface area contributed by atoms with Gasteiger partial charge in [0.25, 0.3) is 5.91 Å². The summed E-state index contributed by atoms with van der Waals surface area (Å²) in [6.45, 7) is 4.40. The number of aromatic nitrogens is 1. The fourth-order valence-corrected chi connectivity index (χ4v) is 3.00. The minimum absolute atomic E-state index is 0.0816. The van der Waals surface area contributed by atoms with Crippen LogP contribution in [0.3, 0.4) is 0 Å². The maximum absolute atomic E-state index is 12.7. The number of hydrogen-bond donors (Lipinski definition) is 1. The van der Waals surface area contributed by atoms with Gasteiger partial charge in [0.1, 0.15) is 0 Å². The van der Waals surface area contributed by atoms with E-state index in [1.54, 1.807) is 0 Å². The second kappa shape index (κ2) is 6.50. The van der Waals surface area contributed by atoms with Crippen molar-refractivity contribution < 1.29 is 4.79 Å². The Morgan fingerprint density at radius 2 is 1.91 bits per heavy atom. The number of rotatable bonds is 3. The second-order valence-corrected chi connectivity index (χ2v) is 6.46. The molecule has 0 saturated carbocycles. The fraction of sp³-hybridized carbons (Fsp3) is 0.158. The summed E-state index contributed by atoms with van der Waals surface area (Å²) in [6, 6.07) is 15.7. The Morgan fingerprint density at radius 1 is 1.13 bits per heavy atom. The van der Waals surface area contributed by atoms with Gasteiger partial charge in [0, 0.05) is 22.1 Å². The highest BCUT2D eigenvalue weighted by atomic mass is 79.9. The number of fused-ring (bicyclic) bond motifs is 1. The van der Waals surface area contributed by atoms with Crippen LogP contribution in [0.4, 0.5) is 0 Å². The Hall–Kier alpha value is -2.20. The molecule has 3 rings (SSSR count). The van der Waals surface area contributed by atoms with Gasteiger partial charge < -0.3 is 5.32 Å². The molecule has 0 aliphatic carbocycles. The van der Waals surface area contributed by atoms with Gasteiger partial charge in [0.15, 0.2) is 0 Å². The first-order valence-electron chi connectivity index (χ1n) is 7.44. The summed E-state index contributed by atoms with van der Waals surface area (Å²) in [6.07, 6.45) is 0. The Kier molecular flexibility index (Phi) is 4.44. The Labute approximate surface area is 143 Å². The van der Waals surface area contributed by atoms with Gasteiger partial charge >= 0.3 is 0 Å². The molecule has 0 aliphatic heterocycles. The molecular weight excluding hydrogens is 352 g/mol. The maximum Gasteiger partial charge on any atom is 0.252 e. The van der Waals surface area contributed by atoms with Gasteiger partial charge in [0.2, 0.25) is 0 Å². The number of carbonyl (C=O) groups is 1. The Balaban J connectivity index is 1.91. The highest BCUT2D eigenvalue weighted by molar-refractivity contribution is 9.10. The molecule has 0 saturated heterocycles. The van der Waals surface area contributed by atoms with Gasteiger partial charge in [-0.25, -0.2) is 0 Å². The number of benzene rings is 2. The number of nitrogens with zero attached hydrogens (tertiary/aromatic N) is 1. The first-order chi connectivity index (χ1) is 11.0. The third-order valence-electron chi connectivity index (χ3n) is 3.73. The molecule has 0 aliphatic rings. The first kappa shape index (κ1) is 15.7. The summed E-state index contributed by atoms with van der Waals surface area (Å²) in [5.41, 5.74) is 4.52. The van der Waals surface area contributed by atoms with Crippen LogP contribution in [-0.4, -0.2) is 10.9 Å². The van der Waals surface area contributed by atoms with E-state index >= 15 is 0 Å². The monoisotopic (exact) mass is 368 g/mol. The van der Waals surface area contributed by atoms with Crippen LogP contribution in [0.5, 0.6) is 0 Å². The molecule has 116 valence electrons. The van der Waals surface area contributed by atoms with Crippen LogP contribution in [0.25, 0.3) is 10.9 Å². The van der Waals surface area contributed by atoms with Crippen molar-refractivity contribution >= 4 is 32.7 Å². The molecule has 1 N–H and O–H groups in total. The molecule has 0 atom stereocenters. The molecule has 0 spiro atoms. The van der Waals surface area contributed by atoms with Crippen molar-refractivity contribution in [2.24, 2.45) is 0 Å². The zero-order chi connectivity index (χ0) is 16.4. The van der Waals surface area contributed by atoms with Gasteiger partial charge in [-0.15, -0.1) is 0 Å². The quantitative estimate of drug-likeness (QED) is 0.736. The van der Waals surface area contributed by atoms with Crippen molar-refractivity contribution in [3.63, 3.8) is 0 Å². The summed E-state index contributed by atoms with van der Waals surface area (Å²) in [5.74, 6) is -0.0816. The van der Waals surface area contributed by atoms with E-state index in [1.807, 2.05) is 62.4 Å². The van der Waals surface area contributed by atoms with Crippen molar-refractivity contribution in [2.45, 2.75) is 20.4 Å². The molecule has 3 aromatic rings. The van der Waals surface area contributed by atoms with Crippen LogP contribution in [0, 0.1) is 13.8 Å². The highest BCUT2D eigenvalue weighted by Crippen LogP contribution is 2.21. The van der Waals surface area contributed by atoms with Gasteiger partial charge in [-0.3, -0.25) is 9.78 Å². The molecule has 0 fully saturated rings. The van der Waals surface area contributed by atoms with Gasteiger partial charge in [-0.1, -0.05) is 45.8 Å². The molecule has 0 bridgehead atoms. The minimum atomic E-state index is -0.0816. The lowest BCUT2D eigenvalue weighted by atomic mass is 10.0. The van der Waals surface area contributed by atoms with Crippen molar-refractivity contribution in [2.75, 3.05) is 0 Å². The molecule has 0 unspecified atom stereocenters. The second-order valence-electron chi connectivity index (χ2n) is 5.61. The standard InChI is InChI=1S/C19H17BrN2O/c1-12-7-8-18-15(9-12)16(10-13(2)22-18)19(23)21-11-14-5-3-4-6-17(14)20/h3-10H,11H2,1-2H3,(H,21,23). The van der Waals surface area contributed by atoms with Crippen molar-refractivity contribution in [1.82, 2.24) is 10.3 Å². The van der Waals surface area contributed by atoms with Crippen molar-refractivity contribution in [3.8, 4) is 0 Å². The van der Waals surface area contributed by atoms with Gasteiger partial charge in [0.05, 0.1) is 11.1 Å². The fourth-order valence-electron chi connectivity index (χ4n) is 2.57. The zero-order valence-corrected chi connectivity index (χ0v) is 14.6. The van der Waals surface area contributed by atoms with E-state index in [4.69, 9.17) is 0 Å². The Bertz CT molecular complexity index is 890. The summed E-state index contributed by atoms with van der Waals surface area (Å²) >= 11 is 3.50. The highest BCUT2D eigenvalue weighted by Gasteiger charge is 2.12. The number of hydrogen-bond acceptors (Lipinski definition) is 2. The van der Waals surface area contributed by atoms with Crippen LogP contribution in [0.1, 0.15) is 27.2 Å². The van der Waals surface area contributed by atoms with E-state index < -0.39 is 0 Å². The van der Waals surface area contributed by atoms with Gasteiger partial charge in [-0.2, -0.15) is 0 Å². The normalized spacial score (nSPS) is 10.7. The average molecular weight is 369 g/mol. The summed E-state index contributed by atoms with van der Waals surface area (Å²) in [7, 11) is 0. The van der Waals surface area contributed by atoms with Crippen LogP contribution in [-0.2, 0) is 6.54 Å². The van der Waals surface area contributed by atoms with Gasteiger partial charge in [-0.05, 0) is 43.7 Å². The SMILES string of the molecule is Cc1ccc2nc(C)cc(C(=O)NCc3ccccc3Br)c2c1. The number of halogens is 1. The molecule has 1 amide bonds. The molecule has 2 aromatic carbocycles. The minimum Gasteiger partial charge on any atom is -0.348 e. The van der Waals surface area contributed by atoms with Crippen LogP contribution in [0.15, 0.2) is 53.0 Å². The zero-order valence-electron chi connectivity index (χ0n) is 13.1. The number of carbonyl (C=O) groups excluding carboxylic acids is 1. The third kappa shape index (κ3) is 3.42. The molecule has 3 nitrogen and oxygen atoms in total. The average Bonchev–Trinajstić information content (AvgIpc) is 2.53. The number of nitrogens with one attached hydrogen (secondary N) is 1. The van der Waals surface area contributed by atoms with E-state index in [0.717, 1.165) is 32.2 Å². The van der Waals surface area contributed by atoms with Crippen molar-refractivity contribution in [1.29, 1.82) is 0 Å². The first-order valence-corrected chi connectivity index (χ1v) is 8.23. The lowest BCUT2D eigenvalue weighted by Gasteiger charge is -2.10. The van der Waals surface area contributed by atoms with Crippen molar-refractivity contribution in [3.05, 3.63) is 75.4 Å². The van der Waals surface area contributed by atoms with E-state index in [2.05, 4.69) is 26.2 Å². The topological polar surface area (TPSA) is 42.0 Å². The molecule has 1 heterocycles. The van der Waals surface area contributed by atoms with Crippen LogP contribution < -0.4 is 5.32 Å². The van der Waals surface area contributed by atoms with E-state index in [1.165, 1.54) is 0 Å². The Morgan fingerprint density at radius 3 is 2.70 bits per heavy atom. The van der Waals surface area contributed by atoms with E-state index in [9.17, 15) is 4.79 Å². The van der Waals surface area contributed by atoms with E-state index in [-0.39, 0.29) is 5.91 Å². The summed E-state index contributed by atoms with van der Waals surface area (Å²) < 4.78 is 0.993. The summed E-state index contributed by atoms with van der Waals surface area (Å²) in [4.78, 5) is 17.2.